The van der Waals surface area contributed by atoms with Crippen LogP contribution in [0, 0.1) is 0 Å². The zero-order valence-electron chi connectivity index (χ0n) is 21.0. The second-order valence-corrected chi connectivity index (χ2v) is 9.24. The van der Waals surface area contributed by atoms with Gasteiger partial charge in [-0.05, 0) is 54.4 Å². The van der Waals surface area contributed by atoms with Gasteiger partial charge >= 0.3 is 11.9 Å². The molecule has 3 aromatic carbocycles. The highest BCUT2D eigenvalue weighted by molar-refractivity contribution is 6.35. The maximum Gasteiger partial charge on any atom is 0.380 e. The third-order valence-corrected chi connectivity index (χ3v) is 6.48. The van der Waals surface area contributed by atoms with Crippen LogP contribution in [0.3, 0.4) is 0 Å². The average molecular weight is 503 g/mol. The van der Waals surface area contributed by atoms with E-state index in [0.29, 0.717) is 19.1 Å². The molecule has 0 spiro atoms. The minimum absolute atomic E-state index is 0.0782. The largest absolute Gasteiger partial charge is 0.452 e. The van der Waals surface area contributed by atoms with E-state index < -0.39 is 17.7 Å². The minimum atomic E-state index is -0.980. The molecule has 8 heteroatoms. The number of piperazine rings is 1. The smallest absolute Gasteiger partial charge is 0.380 e. The van der Waals surface area contributed by atoms with Crippen LogP contribution in [0.25, 0.3) is 10.8 Å². The molecule has 1 aliphatic rings. The highest BCUT2D eigenvalue weighted by Crippen LogP contribution is 2.20. The van der Waals surface area contributed by atoms with Gasteiger partial charge in [0.15, 0.2) is 6.61 Å². The van der Waals surface area contributed by atoms with E-state index in [0.717, 1.165) is 29.4 Å². The van der Waals surface area contributed by atoms with Crippen molar-refractivity contribution in [3.63, 3.8) is 0 Å². The molecule has 0 aliphatic carbocycles. The van der Waals surface area contributed by atoms with Crippen molar-refractivity contribution in [3.05, 3.63) is 77.9 Å². The Bertz CT molecular complexity index is 1290. The molecule has 1 heterocycles. The van der Waals surface area contributed by atoms with Gasteiger partial charge in [-0.1, -0.05) is 42.5 Å². The molecule has 8 nitrogen and oxygen atoms in total. The van der Waals surface area contributed by atoms with Crippen LogP contribution < -0.4 is 4.74 Å². The summed E-state index contributed by atoms with van der Waals surface area (Å²) in [7, 11) is 0. The maximum absolute atomic E-state index is 12.5. The normalized spacial score (nSPS) is 14.0. The zero-order valence-corrected chi connectivity index (χ0v) is 21.0. The summed E-state index contributed by atoms with van der Waals surface area (Å²) in [5.74, 6) is -2.41. The number of ketones is 1. The Balaban J connectivity index is 1.26. The summed E-state index contributed by atoms with van der Waals surface area (Å²) < 4.78 is 10.4. The molecule has 37 heavy (non-hydrogen) atoms. The van der Waals surface area contributed by atoms with Gasteiger partial charge in [-0.15, -0.1) is 0 Å². The lowest BCUT2D eigenvalue weighted by Gasteiger charge is -2.36. The van der Waals surface area contributed by atoms with E-state index in [1.165, 1.54) is 24.3 Å². The molecule has 0 bridgehead atoms. The molecular formula is C29H30N2O6. The van der Waals surface area contributed by atoms with Gasteiger partial charge in [-0.2, -0.15) is 0 Å². The summed E-state index contributed by atoms with van der Waals surface area (Å²) in [4.78, 5) is 53.6. The Morgan fingerprint density at radius 2 is 1.51 bits per heavy atom. The van der Waals surface area contributed by atoms with Crippen molar-refractivity contribution in [2.75, 3.05) is 32.8 Å². The summed E-state index contributed by atoms with van der Waals surface area (Å²) in [6.07, 6.45) is -0.0782. The molecule has 0 aromatic heterocycles. The van der Waals surface area contributed by atoms with Gasteiger partial charge in [-0.3, -0.25) is 14.5 Å². The molecule has 0 radical (unpaired) electrons. The first-order valence-corrected chi connectivity index (χ1v) is 12.3. The summed E-state index contributed by atoms with van der Waals surface area (Å²) in [5, 5.41) is 1.89. The molecule has 0 unspecified atom stereocenters. The first-order chi connectivity index (χ1) is 17.8. The number of ether oxygens (including phenoxy) is 2. The quantitative estimate of drug-likeness (QED) is 0.265. The van der Waals surface area contributed by atoms with E-state index >= 15 is 0 Å². The summed E-state index contributed by atoms with van der Waals surface area (Å²) in [5.41, 5.74) is 0.953. The predicted molar refractivity (Wildman–Crippen MR) is 138 cm³/mol. The number of Topliss-reactive ketones (excluding diaryl/α,β-unsaturated/α-hetero) is 1. The van der Waals surface area contributed by atoms with Crippen LogP contribution in [0.4, 0.5) is 0 Å². The number of nitrogens with zero attached hydrogens (tertiary/aromatic N) is 2. The van der Waals surface area contributed by atoms with E-state index in [-0.39, 0.29) is 30.2 Å². The van der Waals surface area contributed by atoms with E-state index in [4.69, 9.17) is 9.47 Å². The Labute approximate surface area is 215 Å². The van der Waals surface area contributed by atoms with Crippen molar-refractivity contribution in [3.8, 4) is 5.75 Å². The number of carbonyl (C=O) groups is 4. The highest BCUT2D eigenvalue weighted by Gasteiger charge is 2.23. The monoisotopic (exact) mass is 502 g/mol. The minimum Gasteiger partial charge on any atom is -0.452 e. The summed E-state index contributed by atoms with van der Waals surface area (Å²) in [6.45, 7) is 6.71. The fourth-order valence-corrected chi connectivity index (χ4v) is 4.30. The van der Waals surface area contributed by atoms with E-state index in [1.54, 1.807) is 4.90 Å². The Morgan fingerprint density at radius 1 is 0.838 bits per heavy atom. The van der Waals surface area contributed by atoms with Gasteiger partial charge in [0.2, 0.25) is 5.78 Å². The second kappa shape index (κ2) is 11.8. The van der Waals surface area contributed by atoms with Gasteiger partial charge in [-0.25, -0.2) is 9.59 Å². The van der Waals surface area contributed by atoms with Crippen LogP contribution in [-0.4, -0.2) is 72.3 Å². The SMILES string of the molecule is CC(C)N1CCN(C(=O)COC(=O)c2ccc(OC(=O)C(=O)Cc3cccc4ccccc34)cc2)CC1. The van der Waals surface area contributed by atoms with Crippen LogP contribution in [0.1, 0.15) is 29.8 Å². The summed E-state index contributed by atoms with van der Waals surface area (Å²) >= 11 is 0. The Morgan fingerprint density at radius 3 is 2.22 bits per heavy atom. The topological polar surface area (TPSA) is 93.2 Å². The van der Waals surface area contributed by atoms with Crippen molar-refractivity contribution in [1.82, 2.24) is 9.80 Å². The number of hydrogen-bond donors (Lipinski definition) is 0. The van der Waals surface area contributed by atoms with E-state index in [9.17, 15) is 19.2 Å². The number of amides is 1. The molecule has 4 rings (SSSR count). The lowest BCUT2D eigenvalue weighted by Crippen LogP contribution is -2.51. The number of fused-ring (bicyclic) bond motifs is 1. The third kappa shape index (κ3) is 6.59. The lowest BCUT2D eigenvalue weighted by atomic mass is 10.0. The van der Waals surface area contributed by atoms with Crippen molar-refractivity contribution >= 4 is 34.4 Å². The maximum atomic E-state index is 12.5. The fraction of sp³-hybridized carbons (Fsp3) is 0.310. The molecule has 3 aromatic rings. The molecule has 0 saturated carbocycles. The van der Waals surface area contributed by atoms with Gasteiger partial charge in [0.05, 0.1) is 5.56 Å². The van der Waals surface area contributed by atoms with E-state index in [2.05, 4.69) is 18.7 Å². The average Bonchev–Trinajstić information content (AvgIpc) is 2.92. The van der Waals surface area contributed by atoms with Crippen molar-refractivity contribution in [1.29, 1.82) is 0 Å². The number of esters is 2. The standard InChI is InChI=1S/C29H30N2O6/c1-20(2)30-14-16-31(17-15-30)27(33)19-36-28(34)22-10-12-24(13-11-22)37-29(35)26(32)18-23-8-5-7-21-6-3-4-9-25(21)23/h3-13,20H,14-19H2,1-2H3. The van der Waals surface area contributed by atoms with Crippen molar-refractivity contribution < 1.29 is 28.7 Å². The number of rotatable bonds is 8. The summed E-state index contributed by atoms with van der Waals surface area (Å²) in [6, 6.07) is 19.3. The van der Waals surface area contributed by atoms with Crippen LogP contribution in [0.15, 0.2) is 66.7 Å². The molecule has 0 N–H and O–H groups in total. The second-order valence-electron chi connectivity index (χ2n) is 9.24. The molecule has 192 valence electrons. The Kier molecular flexibility index (Phi) is 8.30. The number of hydrogen-bond acceptors (Lipinski definition) is 7. The van der Waals surface area contributed by atoms with Gasteiger partial charge in [0.1, 0.15) is 5.75 Å². The first-order valence-electron chi connectivity index (χ1n) is 12.3. The number of benzene rings is 3. The molecule has 1 amide bonds. The molecular weight excluding hydrogens is 472 g/mol. The van der Waals surface area contributed by atoms with Crippen LogP contribution >= 0.6 is 0 Å². The lowest BCUT2D eigenvalue weighted by molar-refractivity contribution is -0.146. The fourth-order valence-electron chi connectivity index (χ4n) is 4.30. The molecule has 1 saturated heterocycles. The van der Waals surface area contributed by atoms with E-state index in [1.807, 2.05) is 42.5 Å². The van der Waals surface area contributed by atoms with Crippen LogP contribution in [-0.2, 0) is 25.5 Å². The molecule has 1 aliphatic heterocycles. The Hall–Kier alpha value is -4.04. The van der Waals surface area contributed by atoms with Crippen LogP contribution in [0.2, 0.25) is 0 Å². The third-order valence-electron chi connectivity index (χ3n) is 6.48. The van der Waals surface area contributed by atoms with Gasteiger partial charge < -0.3 is 14.4 Å². The van der Waals surface area contributed by atoms with Crippen LogP contribution in [0.5, 0.6) is 5.75 Å². The molecule has 1 fully saturated rings. The predicted octanol–water partition coefficient (Wildman–Crippen LogP) is 3.27. The zero-order chi connectivity index (χ0) is 26.4. The van der Waals surface area contributed by atoms with Crippen molar-refractivity contribution in [2.24, 2.45) is 0 Å². The molecule has 0 atom stereocenters. The number of carbonyl (C=O) groups excluding carboxylic acids is 4. The van der Waals surface area contributed by atoms with Gasteiger partial charge in [0, 0.05) is 38.6 Å². The highest BCUT2D eigenvalue weighted by atomic mass is 16.5. The first kappa shape index (κ1) is 26.0. The van der Waals surface area contributed by atoms with Crippen molar-refractivity contribution in [2.45, 2.75) is 26.3 Å². The van der Waals surface area contributed by atoms with Gasteiger partial charge in [0.25, 0.3) is 5.91 Å².